The van der Waals surface area contributed by atoms with Crippen LogP contribution in [0.5, 0.6) is 0 Å². The lowest BCUT2D eigenvalue weighted by Gasteiger charge is -2.26. The molecule has 1 aliphatic carbocycles. The van der Waals surface area contributed by atoms with Gasteiger partial charge in [0.2, 0.25) is 0 Å². The summed E-state index contributed by atoms with van der Waals surface area (Å²) >= 11 is 0. The third kappa shape index (κ3) is 5.14. The smallest absolute Gasteiger partial charge is 0.451 e. The maximum absolute atomic E-state index is 12.6. The van der Waals surface area contributed by atoms with E-state index in [0.29, 0.717) is 12.8 Å². The van der Waals surface area contributed by atoms with Crippen LogP contribution in [0.15, 0.2) is 0 Å². The summed E-state index contributed by atoms with van der Waals surface area (Å²) in [5.74, 6) is -1.82. The quantitative estimate of drug-likeness (QED) is 0.344. The molecule has 2 aliphatic rings. The van der Waals surface area contributed by atoms with Gasteiger partial charge in [-0.2, -0.15) is 17.4 Å². The van der Waals surface area contributed by atoms with Crippen LogP contribution in [0.1, 0.15) is 44.9 Å². The first-order valence-electron chi connectivity index (χ1n) is 8.81. The Morgan fingerprint density at radius 3 is 2.48 bits per heavy atom. The molecule has 2 fully saturated rings. The predicted molar refractivity (Wildman–Crippen MR) is 92.8 cm³/mol. The minimum Gasteiger partial charge on any atom is -0.480 e. The highest BCUT2D eigenvalue weighted by Gasteiger charge is 2.52. The summed E-state index contributed by atoms with van der Waals surface area (Å²) in [4.78, 5) is 11.6. The molecule has 6 N–H and O–H groups in total. The Labute approximate surface area is 148 Å². The number of carboxylic acids is 1. The van der Waals surface area contributed by atoms with E-state index in [4.69, 9.17) is 15.8 Å². The Hall–Kier alpha value is -0.715. The van der Waals surface area contributed by atoms with E-state index in [1.807, 2.05) is 0 Å². The number of carbonyl (C=O) groups is 1. The molecule has 1 saturated heterocycles. The number of aliphatic carboxylic acids is 1. The van der Waals surface area contributed by atoms with Gasteiger partial charge in [-0.15, -0.1) is 0 Å². The molecule has 0 amide bonds. The minimum atomic E-state index is -3.80. The molecule has 1 aliphatic heterocycles. The average Bonchev–Trinajstić information content (AvgIpc) is 2.87. The first kappa shape index (κ1) is 20.6. The fourth-order valence-electron chi connectivity index (χ4n) is 3.72. The van der Waals surface area contributed by atoms with Crippen molar-refractivity contribution in [3.8, 4) is 0 Å². The largest absolute Gasteiger partial charge is 0.480 e. The Bertz CT molecular complexity index is 569. The van der Waals surface area contributed by atoms with E-state index < -0.39 is 34.8 Å². The van der Waals surface area contributed by atoms with Crippen molar-refractivity contribution in [2.45, 2.75) is 62.8 Å². The summed E-state index contributed by atoms with van der Waals surface area (Å²) in [6.07, 6.45) is 5.42. The van der Waals surface area contributed by atoms with Gasteiger partial charge in [0, 0.05) is 25.0 Å². The SMILES string of the molecule is N[C@@]1(C(=O)O)CN(S(=O)(=O)NC2CCCCC2)C[C@@H]1CCCB(O)O. The average molecular weight is 377 g/mol. The molecule has 0 spiro atoms. The topological polar surface area (TPSA) is 153 Å². The fourth-order valence-corrected chi connectivity index (χ4v) is 5.29. The number of nitrogens with two attached hydrogens (primary N) is 1. The molecule has 1 heterocycles. The highest BCUT2D eigenvalue weighted by Crippen LogP contribution is 2.32. The number of carboxylic acid groups (broad SMARTS) is 1. The molecule has 0 bridgehead atoms. The van der Waals surface area contributed by atoms with Gasteiger partial charge in [-0.05, 0) is 25.6 Å². The highest BCUT2D eigenvalue weighted by atomic mass is 32.2. The maximum atomic E-state index is 12.6. The van der Waals surface area contributed by atoms with E-state index in [1.54, 1.807) is 0 Å². The van der Waals surface area contributed by atoms with Gasteiger partial charge in [0.25, 0.3) is 10.2 Å². The van der Waals surface area contributed by atoms with Crippen molar-refractivity contribution in [2.75, 3.05) is 13.1 Å². The third-order valence-corrected chi connectivity index (χ3v) is 6.85. The molecule has 2 atom stereocenters. The van der Waals surface area contributed by atoms with E-state index in [0.717, 1.165) is 36.4 Å². The van der Waals surface area contributed by atoms with Crippen molar-refractivity contribution in [3.63, 3.8) is 0 Å². The lowest BCUT2D eigenvalue weighted by Crippen LogP contribution is -2.55. The van der Waals surface area contributed by atoms with E-state index in [9.17, 15) is 18.3 Å². The van der Waals surface area contributed by atoms with Crippen LogP contribution in [0.4, 0.5) is 0 Å². The standard InChI is InChI=1S/C14H28BN3O6S/c16-14(13(19)20)10-18(9-11(14)5-4-8-15(21)22)25(23,24)17-12-6-2-1-3-7-12/h11-12,17,21-22H,1-10,16H2,(H,19,20)/t11-,14-/m0/s1. The number of nitrogens with one attached hydrogen (secondary N) is 1. The van der Waals surface area contributed by atoms with Crippen LogP contribution in [0, 0.1) is 5.92 Å². The van der Waals surface area contributed by atoms with Crippen molar-refractivity contribution >= 4 is 23.3 Å². The first-order chi connectivity index (χ1) is 11.6. The van der Waals surface area contributed by atoms with Crippen molar-refractivity contribution in [1.82, 2.24) is 9.03 Å². The lowest BCUT2D eigenvalue weighted by atomic mass is 9.78. The van der Waals surface area contributed by atoms with Crippen LogP contribution in [-0.2, 0) is 15.0 Å². The zero-order chi connectivity index (χ0) is 18.7. The Balaban J connectivity index is 2.04. The van der Waals surface area contributed by atoms with Gasteiger partial charge in [0.1, 0.15) is 5.54 Å². The molecule has 11 heteroatoms. The normalized spacial score (nSPS) is 29.0. The second-order valence-electron chi connectivity index (χ2n) is 7.20. The Morgan fingerprint density at radius 1 is 1.28 bits per heavy atom. The molecule has 0 aromatic heterocycles. The Kier molecular flexibility index (Phi) is 6.85. The van der Waals surface area contributed by atoms with Crippen LogP contribution in [0.2, 0.25) is 6.32 Å². The van der Waals surface area contributed by atoms with Gasteiger partial charge in [-0.1, -0.05) is 25.7 Å². The van der Waals surface area contributed by atoms with Crippen LogP contribution in [0.3, 0.4) is 0 Å². The van der Waals surface area contributed by atoms with Gasteiger partial charge < -0.3 is 20.9 Å². The van der Waals surface area contributed by atoms with Gasteiger partial charge in [0.05, 0.1) is 0 Å². The minimum absolute atomic E-state index is 0.0202. The molecule has 25 heavy (non-hydrogen) atoms. The summed E-state index contributed by atoms with van der Waals surface area (Å²) < 4.78 is 29.0. The first-order valence-corrected chi connectivity index (χ1v) is 10.2. The molecule has 0 aromatic carbocycles. The summed E-state index contributed by atoms with van der Waals surface area (Å²) in [6, 6.07) is -0.112. The van der Waals surface area contributed by atoms with E-state index in [-0.39, 0.29) is 25.5 Å². The predicted octanol–water partition coefficient (Wildman–Crippen LogP) is -0.880. The summed E-state index contributed by atoms with van der Waals surface area (Å²) in [5.41, 5.74) is 4.36. The van der Waals surface area contributed by atoms with Gasteiger partial charge >= 0.3 is 13.1 Å². The molecule has 0 aromatic rings. The molecule has 144 valence electrons. The Morgan fingerprint density at radius 2 is 1.92 bits per heavy atom. The molecular weight excluding hydrogens is 349 g/mol. The maximum Gasteiger partial charge on any atom is 0.451 e. The van der Waals surface area contributed by atoms with Gasteiger partial charge in [-0.3, -0.25) is 4.79 Å². The van der Waals surface area contributed by atoms with Gasteiger partial charge in [-0.25, -0.2) is 0 Å². The summed E-state index contributed by atoms with van der Waals surface area (Å²) in [5, 5.41) is 27.3. The number of nitrogens with zero attached hydrogens (tertiary/aromatic N) is 1. The zero-order valence-electron chi connectivity index (χ0n) is 14.3. The molecule has 2 rings (SSSR count). The van der Waals surface area contributed by atoms with Gasteiger partial charge in [0.15, 0.2) is 0 Å². The van der Waals surface area contributed by atoms with Crippen LogP contribution in [0.25, 0.3) is 0 Å². The molecule has 9 nitrogen and oxygen atoms in total. The second-order valence-corrected chi connectivity index (χ2v) is 8.91. The van der Waals surface area contributed by atoms with Crippen LogP contribution in [-0.4, -0.2) is 65.6 Å². The highest BCUT2D eigenvalue weighted by molar-refractivity contribution is 7.87. The molecule has 1 saturated carbocycles. The summed E-state index contributed by atoms with van der Waals surface area (Å²) in [7, 11) is -5.26. The van der Waals surface area contributed by atoms with E-state index >= 15 is 0 Å². The second kappa shape index (κ2) is 8.32. The number of rotatable bonds is 8. The van der Waals surface area contributed by atoms with Crippen molar-refractivity contribution < 1.29 is 28.4 Å². The molecule has 0 radical (unpaired) electrons. The zero-order valence-corrected chi connectivity index (χ0v) is 15.1. The van der Waals surface area contributed by atoms with Crippen molar-refractivity contribution in [3.05, 3.63) is 0 Å². The fraction of sp³-hybridized carbons (Fsp3) is 0.929. The summed E-state index contributed by atoms with van der Waals surface area (Å²) in [6.45, 7) is -0.261. The molecule has 0 unspecified atom stereocenters. The lowest BCUT2D eigenvalue weighted by molar-refractivity contribution is -0.144. The van der Waals surface area contributed by atoms with E-state index in [2.05, 4.69) is 4.72 Å². The molecular formula is C14H28BN3O6S. The number of hydrogen-bond donors (Lipinski definition) is 5. The number of hydrogen-bond acceptors (Lipinski definition) is 6. The van der Waals surface area contributed by atoms with Crippen molar-refractivity contribution in [1.29, 1.82) is 0 Å². The monoisotopic (exact) mass is 377 g/mol. The van der Waals surface area contributed by atoms with E-state index in [1.165, 1.54) is 0 Å². The third-order valence-electron chi connectivity index (χ3n) is 5.26. The van der Waals surface area contributed by atoms with Crippen LogP contribution >= 0.6 is 0 Å². The van der Waals surface area contributed by atoms with Crippen LogP contribution < -0.4 is 10.5 Å². The van der Waals surface area contributed by atoms with Crippen molar-refractivity contribution in [2.24, 2.45) is 11.7 Å².